The third kappa shape index (κ3) is 3.16. The molecule has 0 amide bonds. The molecule has 0 aromatic carbocycles. The van der Waals surface area contributed by atoms with Gasteiger partial charge in [0.1, 0.15) is 6.29 Å². The number of hydrogen-bond donors (Lipinski definition) is 0. The summed E-state index contributed by atoms with van der Waals surface area (Å²) < 4.78 is 2.23. The Morgan fingerprint density at radius 2 is 2.24 bits per heavy atom. The van der Waals surface area contributed by atoms with Crippen molar-refractivity contribution in [3.05, 3.63) is 18.2 Å². The molecule has 1 saturated heterocycles. The molecule has 2 heterocycles. The van der Waals surface area contributed by atoms with Crippen LogP contribution in [0.5, 0.6) is 0 Å². The zero-order chi connectivity index (χ0) is 12.1. The fourth-order valence-corrected chi connectivity index (χ4v) is 2.40. The van der Waals surface area contributed by atoms with Crippen LogP contribution in [0.3, 0.4) is 0 Å². The molecule has 0 unspecified atom stereocenters. The maximum absolute atomic E-state index is 10.7. The largest absolute Gasteiger partial charge is 0.333 e. The molecule has 0 atom stereocenters. The minimum Gasteiger partial charge on any atom is -0.333 e. The van der Waals surface area contributed by atoms with Crippen molar-refractivity contribution in [2.24, 2.45) is 5.92 Å². The molecule has 0 bridgehead atoms. The third-order valence-corrected chi connectivity index (χ3v) is 3.47. The lowest BCUT2D eigenvalue weighted by Gasteiger charge is -2.29. The number of aldehydes is 1. The number of nitrogens with zero attached hydrogens (tertiary/aromatic N) is 3. The molecule has 1 aromatic heterocycles. The minimum absolute atomic E-state index is 0.284. The van der Waals surface area contributed by atoms with E-state index in [-0.39, 0.29) is 5.92 Å². The van der Waals surface area contributed by atoms with Crippen molar-refractivity contribution < 1.29 is 4.79 Å². The van der Waals surface area contributed by atoms with Gasteiger partial charge in [-0.15, -0.1) is 0 Å². The summed E-state index contributed by atoms with van der Waals surface area (Å²) in [6, 6.07) is 0. The summed E-state index contributed by atoms with van der Waals surface area (Å²) >= 11 is 0. The van der Waals surface area contributed by atoms with Gasteiger partial charge in [0, 0.05) is 25.2 Å². The number of imidazole rings is 1. The van der Waals surface area contributed by atoms with Crippen molar-refractivity contribution in [3.63, 3.8) is 0 Å². The Kier molecular flexibility index (Phi) is 4.31. The predicted octanol–water partition coefficient (Wildman–Crippen LogP) is 1.70. The molecule has 2 rings (SSSR count). The highest BCUT2D eigenvalue weighted by Gasteiger charge is 2.19. The maximum atomic E-state index is 10.7. The van der Waals surface area contributed by atoms with E-state index in [1.54, 1.807) is 0 Å². The van der Waals surface area contributed by atoms with E-state index < -0.39 is 0 Å². The van der Waals surface area contributed by atoms with Crippen LogP contribution >= 0.6 is 0 Å². The normalized spacial score (nSPS) is 18.4. The van der Waals surface area contributed by atoms with Gasteiger partial charge < -0.3 is 9.36 Å². The average Bonchev–Trinajstić information content (AvgIpc) is 2.78. The first-order valence-electron chi connectivity index (χ1n) is 6.50. The second-order valence-electron chi connectivity index (χ2n) is 4.83. The van der Waals surface area contributed by atoms with Crippen LogP contribution in [0.1, 0.15) is 31.9 Å². The van der Waals surface area contributed by atoms with E-state index in [1.165, 1.54) is 5.69 Å². The molecule has 1 aromatic rings. The van der Waals surface area contributed by atoms with Crippen LogP contribution in [0.2, 0.25) is 0 Å². The van der Waals surface area contributed by atoms with Crippen LogP contribution in [0, 0.1) is 5.92 Å². The van der Waals surface area contributed by atoms with Gasteiger partial charge in [-0.05, 0) is 32.4 Å². The second-order valence-corrected chi connectivity index (χ2v) is 4.83. The molecule has 0 saturated carbocycles. The molecule has 1 fully saturated rings. The van der Waals surface area contributed by atoms with Gasteiger partial charge in [0.15, 0.2) is 0 Å². The fraction of sp³-hybridized carbons (Fsp3) is 0.692. The van der Waals surface area contributed by atoms with Gasteiger partial charge in [-0.25, -0.2) is 4.98 Å². The summed E-state index contributed by atoms with van der Waals surface area (Å²) in [4.78, 5) is 17.3. The van der Waals surface area contributed by atoms with Crippen molar-refractivity contribution in [2.75, 3.05) is 13.1 Å². The Bertz CT molecular complexity index is 353. The molecule has 0 aliphatic carbocycles. The highest BCUT2D eigenvalue weighted by molar-refractivity contribution is 5.53. The predicted molar refractivity (Wildman–Crippen MR) is 66.6 cm³/mol. The van der Waals surface area contributed by atoms with Crippen molar-refractivity contribution in [1.29, 1.82) is 0 Å². The Labute approximate surface area is 103 Å². The Morgan fingerprint density at radius 3 is 2.88 bits per heavy atom. The number of likely N-dealkylation sites (tertiary alicyclic amines) is 1. The van der Waals surface area contributed by atoms with Crippen LogP contribution in [0.25, 0.3) is 0 Å². The smallest absolute Gasteiger partial charge is 0.123 e. The van der Waals surface area contributed by atoms with Crippen molar-refractivity contribution in [1.82, 2.24) is 14.5 Å². The zero-order valence-corrected chi connectivity index (χ0v) is 10.5. The van der Waals surface area contributed by atoms with E-state index in [0.717, 1.165) is 51.7 Å². The fourth-order valence-electron chi connectivity index (χ4n) is 2.40. The van der Waals surface area contributed by atoms with Crippen LogP contribution in [0.15, 0.2) is 12.5 Å². The standard InChI is InChI=1S/C13H21N3O/c1-2-5-16-11-14-8-13(16)9-15-6-3-12(10-17)4-7-15/h8,10-12H,2-7,9H2,1H3. The number of carbonyl (C=O) groups is 1. The molecule has 0 radical (unpaired) electrons. The molecule has 0 spiro atoms. The average molecular weight is 235 g/mol. The van der Waals surface area contributed by atoms with Gasteiger partial charge in [0.05, 0.1) is 12.0 Å². The first-order valence-corrected chi connectivity index (χ1v) is 6.50. The van der Waals surface area contributed by atoms with E-state index in [2.05, 4.69) is 21.4 Å². The summed E-state index contributed by atoms with van der Waals surface area (Å²) in [5.74, 6) is 0.284. The topological polar surface area (TPSA) is 38.1 Å². The number of rotatable bonds is 5. The lowest BCUT2D eigenvalue weighted by molar-refractivity contribution is -0.112. The quantitative estimate of drug-likeness (QED) is 0.729. The molecular formula is C13H21N3O. The number of carbonyl (C=O) groups excluding carboxylic acids is 1. The van der Waals surface area contributed by atoms with Gasteiger partial charge in [0.25, 0.3) is 0 Å². The highest BCUT2D eigenvalue weighted by atomic mass is 16.1. The monoisotopic (exact) mass is 235 g/mol. The number of hydrogen-bond acceptors (Lipinski definition) is 3. The highest BCUT2D eigenvalue weighted by Crippen LogP contribution is 2.17. The Balaban J connectivity index is 1.88. The van der Waals surface area contributed by atoms with Gasteiger partial charge in [-0.1, -0.05) is 6.92 Å². The lowest BCUT2D eigenvalue weighted by Crippen LogP contribution is -2.34. The first kappa shape index (κ1) is 12.3. The van der Waals surface area contributed by atoms with Crippen LogP contribution in [-0.4, -0.2) is 33.8 Å². The molecule has 4 nitrogen and oxygen atoms in total. The summed E-state index contributed by atoms with van der Waals surface area (Å²) in [6.07, 6.45) is 8.13. The zero-order valence-electron chi connectivity index (χ0n) is 10.5. The summed E-state index contributed by atoms with van der Waals surface area (Å²) in [5, 5.41) is 0. The molecule has 4 heteroatoms. The summed E-state index contributed by atoms with van der Waals surface area (Å²) in [5.41, 5.74) is 1.29. The summed E-state index contributed by atoms with van der Waals surface area (Å²) in [6.45, 7) is 6.24. The Hall–Kier alpha value is -1.16. The van der Waals surface area contributed by atoms with Crippen LogP contribution in [0.4, 0.5) is 0 Å². The minimum atomic E-state index is 0.284. The van der Waals surface area contributed by atoms with Crippen molar-refractivity contribution >= 4 is 6.29 Å². The number of piperidine rings is 1. The third-order valence-electron chi connectivity index (χ3n) is 3.47. The SMILES string of the molecule is CCCn1cncc1CN1CCC(C=O)CC1. The van der Waals surface area contributed by atoms with E-state index >= 15 is 0 Å². The van der Waals surface area contributed by atoms with Gasteiger partial charge >= 0.3 is 0 Å². The molecule has 94 valence electrons. The molecule has 17 heavy (non-hydrogen) atoms. The molecule has 1 aliphatic rings. The first-order chi connectivity index (χ1) is 8.33. The van der Waals surface area contributed by atoms with E-state index in [0.29, 0.717) is 0 Å². The van der Waals surface area contributed by atoms with Gasteiger partial charge in [-0.2, -0.15) is 0 Å². The van der Waals surface area contributed by atoms with Gasteiger partial charge in [-0.3, -0.25) is 4.90 Å². The van der Waals surface area contributed by atoms with E-state index in [4.69, 9.17) is 0 Å². The van der Waals surface area contributed by atoms with Crippen LogP contribution in [-0.2, 0) is 17.9 Å². The summed E-state index contributed by atoms with van der Waals surface area (Å²) in [7, 11) is 0. The van der Waals surface area contributed by atoms with Gasteiger partial charge in [0.2, 0.25) is 0 Å². The molecular weight excluding hydrogens is 214 g/mol. The second kappa shape index (κ2) is 5.96. The van der Waals surface area contributed by atoms with Crippen LogP contribution < -0.4 is 0 Å². The maximum Gasteiger partial charge on any atom is 0.123 e. The number of aryl methyl sites for hydroxylation is 1. The van der Waals surface area contributed by atoms with E-state index in [9.17, 15) is 4.79 Å². The van der Waals surface area contributed by atoms with Crippen molar-refractivity contribution in [2.45, 2.75) is 39.3 Å². The lowest BCUT2D eigenvalue weighted by atomic mass is 9.98. The molecule has 1 aliphatic heterocycles. The Morgan fingerprint density at radius 1 is 1.47 bits per heavy atom. The van der Waals surface area contributed by atoms with E-state index in [1.807, 2.05) is 12.5 Å². The number of aromatic nitrogens is 2. The molecule has 0 N–H and O–H groups in total. The van der Waals surface area contributed by atoms with Crippen molar-refractivity contribution in [3.8, 4) is 0 Å².